The zero-order chi connectivity index (χ0) is 13.9. The minimum atomic E-state index is 0.676. The molecule has 3 rings (SSSR count). The van der Waals surface area contributed by atoms with Crippen molar-refractivity contribution in [2.24, 2.45) is 0 Å². The second kappa shape index (κ2) is 5.29. The molecule has 0 radical (unpaired) electrons. The van der Waals surface area contributed by atoms with Crippen LogP contribution in [0.1, 0.15) is 11.3 Å². The molecule has 0 aliphatic carbocycles. The summed E-state index contributed by atoms with van der Waals surface area (Å²) in [7, 11) is 3.33. The van der Waals surface area contributed by atoms with E-state index < -0.39 is 0 Å². The third-order valence-corrected chi connectivity index (χ3v) is 3.33. The van der Waals surface area contributed by atoms with E-state index in [-0.39, 0.29) is 0 Å². The molecule has 0 amide bonds. The predicted octanol–water partition coefficient (Wildman–Crippen LogP) is 4.04. The number of ether oxygens (including phenoxy) is 2. The molecular weight excluding hydrogens is 252 g/mol. The van der Waals surface area contributed by atoms with E-state index in [1.807, 2.05) is 42.5 Å². The van der Waals surface area contributed by atoms with Crippen LogP contribution in [-0.4, -0.2) is 14.2 Å². The van der Waals surface area contributed by atoms with Crippen LogP contribution in [0.2, 0.25) is 0 Å². The Labute approximate surface area is 117 Å². The van der Waals surface area contributed by atoms with E-state index >= 15 is 0 Å². The van der Waals surface area contributed by atoms with Gasteiger partial charge < -0.3 is 13.9 Å². The highest BCUT2D eigenvalue weighted by Crippen LogP contribution is 2.28. The third-order valence-electron chi connectivity index (χ3n) is 3.33. The van der Waals surface area contributed by atoms with Gasteiger partial charge in [0.25, 0.3) is 0 Å². The molecule has 0 fully saturated rings. The van der Waals surface area contributed by atoms with E-state index in [0.717, 1.165) is 33.8 Å². The van der Waals surface area contributed by atoms with Crippen molar-refractivity contribution in [3.63, 3.8) is 0 Å². The summed E-state index contributed by atoms with van der Waals surface area (Å²) in [6.45, 7) is 0. The van der Waals surface area contributed by atoms with E-state index in [4.69, 9.17) is 13.9 Å². The molecule has 2 aromatic carbocycles. The van der Waals surface area contributed by atoms with Crippen molar-refractivity contribution >= 4 is 11.0 Å². The van der Waals surface area contributed by atoms with E-state index in [9.17, 15) is 0 Å². The van der Waals surface area contributed by atoms with Crippen molar-refractivity contribution in [3.8, 4) is 11.5 Å². The fraction of sp³-hybridized carbons (Fsp3) is 0.176. The Kier molecular flexibility index (Phi) is 3.33. The Morgan fingerprint density at radius 3 is 2.55 bits per heavy atom. The first-order valence-corrected chi connectivity index (χ1v) is 6.48. The monoisotopic (exact) mass is 268 g/mol. The number of hydrogen-bond donors (Lipinski definition) is 0. The van der Waals surface area contributed by atoms with Crippen LogP contribution in [0.3, 0.4) is 0 Å². The molecule has 1 heterocycles. The van der Waals surface area contributed by atoms with Crippen LogP contribution in [0.15, 0.2) is 52.9 Å². The van der Waals surface area contributed by atoms with Crippen LogP contribution < -0.4 is 9.47 Å². The molecule has 0 unspecified atom stereocenters. The Morgan fingerprint density at radius 1 is 0.950 bits per heavy atom. The van der Waals surface area contributed by atoms with Crippen molar-refractivity contribution < 1.29 is 13.9 Å². The van der Waals surface area contributed by atoms with Crippen molar-refractivity contribution in [2.75, 3.05) is 14.2 Å². The lowest BCUT2D eigenvalue weighted by atomic mass is 10.1. The number of para-hydroxylation sites is 1. The summed E-state index contributed by atoms with van der Waals surface area (Å²) in [6, 6.07) is 15.8. The molecule has 0 bridgehead atoms. The SMILES string of the molecule is COc1ccc(OC)c(Cc2cc3ccccc3o2)c1. The van der Waals surface area contributed by atoms with Crippen molar-refractivity contribution in [2.45, 2.75) is 6.42 Å². The molecule has 3 heteroatoms. The van der Waals surface area contributed by atoms with E-state index in [1.165, 1.54) is 0 Å². The minimum Gasteiger partial charge on any atom is -0.497 e. The second-order valence-corrected chi connectivity index (χ2v) is 4.61. The molecule has 0 spiro atoms. The van der Waals surface area contributed by atoms with Gasteiger partial charge in [0.1, 0.15) is 22.8 Å². The van der Waals surface area contributed by atoms with Crippen LogP contribution in [0, 0.1) is 0 Å². The Bertz CT molecular complexity index is 695. The normalized spacial score (nSPS) is 10.7. The lowest BCUT2D eigenvalue weighted by Gasteiger charge is -2.09. The minimum absolute atomic E-state index is 0.676. The number of hydrogen-bond acceptors (Lipinski definition) is 3. The summed E-state index contributed by atoms with van der Waals surface area (Å²) in [5.41, 5.74) is 1.95. The zero-order valence-corrected chi connectivity index (χ0v) is 11.6. The molecular formula is C17H16O3. The van der Waals surface area contributed by atoms with Crippen molar-refractivity contribution in [1.82, 2.24) is 0 Å². The highest BCUT2D eigenvalue weighted by Gasteiger charge is 2.09. The first kappa shape index (κ1) is 12.6. The first-order valence-electron chi connectivity index (χ1n) is 6.48. The van der Waals surface area contributed by atoms with Crippen LogP contribution >= 0.6 is 0 Å². The molecule has 0 N–H and O–H groups in total. The predicted molar refractivity (Wildman–Crippen MR) is 78.6 cm³/mol. The van der Waals surface area contributed by atoms with Crippen LogP contribution in [-0.2, 0) is 6.42 Å². The van der Waals surface area contributed by atoms with Gasteiger partial charge in [-0.25, -0.2) is 0 Å². The maximum Gasteiger partial charge on any atom is 0.134 e. The van der Waals surface area contributed by atoms with Crippen molar-refractivity contribution in [3.05, 3.63) is 59.9 Å². The largest absolute Gasteiger partial charge is 0.497 e. The average Bonchev–Trinajstić information content (AvgIpc) is 2.89. The maximum absolute atomic E-state index is 5.85. The molecule has 0 aliphatic heterocycles. The summed E-state index contributed by atoms with van der Waals surface area (Å²) in [4.78, 5) is 0. The van der Waals surface area contributed by atoms with Gasteiger partial charge in [0.05, 0.1) is 14.2 Å². The smallest absolute Gasteiger partial charge is 0.134 e. The van der Waals surface area contributed by atoms with Gasteiger partial charge in [-0.1, -0.05) is 18.2 Å². The number of rotatable bonds is 4. The maximum atomic E-state index is 5.85. The van der Waals surface area contributed by atoms with Crippen LogP contribution in [0.4, 0.5) is 0 Å². The molecule has 0 atom stereocenters. The lowest BCUT2D eigenvalue weighted by molar-refractivity contribution is 0.398. The van der Waals surface area contributed by atoms with Gasteiger partial charge in [-0.3, -0.25) is 0 Å². The van der Waals surface area contributed by atoms with Gasteiger partial charge >= 0.3 is 0 Å². The summed E-state index contributed by atoms with van der Waals surface area (Å²) in [5, 5.41) is 1.12. The zero-order valence-electron chi connectivity index (χ0n) is 11.6. The number of furan rings is 1. The highest BCUT2D eigenvalue weighted by molar-refractivity contribution is 5.77. The molecule has 0 aliphatic rings. The van der Waals surface area contributed by atoms with E-state index in [2.05, 4.69) is 6.07 Å². The summed E-state index contributed by atoms with van der Waals surface area (Å²) in [6.07, 6.45) is 0.676. The Hall–Kier alpha value is -2.42. The van der Waals surface area contributed by atoms with E-state index in [1.54, 1.807) is 14.2 Å². The Balaban J connectivity index is 1.97. The summed E-state index contributed by atoms with van der Waals surface area (Å²) < 4.78 is 16.5. The topological polar surface area (TPSA) is 31.6 Å². The molecule has 0 saturated carbocycles. The van der Waals surface area contributed by atoms with Crippen molar-refractivity contribution in [1.29, 1.82) is 0 Å². The number of methoxy groups -OCH3 is 2. The number of fused-ring (bicyclic) bond motifs is 1. The average molecular weight is 268 g/mol. The summed E-state index contributed by atoms with van der Waals surface area (Å²) in [5.74, 6) is 2.57. The quantitative estimate of drug-likeness (QED) is 0.715. The van der Waals surface area contributed by atoms with Crippen LogP contribution in [0.25, 0.3) is 11.0 Å². The fourth-order valence-corrected chi connectivity index (χ4v) is 2.33. The molecule has 102 valence electrons. The van der Waals surface area contributed by atoms with Gasteiger partial charge in [0, 0.05) is 17.4 Å². The summed E-state index contributed by atoms with van der Waals surface area (Å²) >= 11 is 0. The van der Waals surface area contributed by atoms with Crippen LogP contribution in [0.5, 0.6) is 11.5 Å². The highest BCUT2D eigenvalue weighted by atomic mass is 16.5. The molecule has 0 saturated heterocycles. The van der Waals surface area contributed by atoms with Gasteiger partial charge in [0.2, 0.25) is 0 Å². The molecule has 3 nitrogen and oxygen atoms in total. The van der Waals surface area contributed by atoms with Gasteiger partial charge in [0.15, 0.2) is 0 Å². The fourth-order valence-electron chi connectivity index (χ4n) is 2.33. The van der Waals surface area contributed by atoms with Gasteiger partial charge in [-0.05, 0) is 30.3 Å². The third kappa shape index (κ3) is 2.35. The first-order chi connectivity index (χ1) is 9.80. The standard InChI is InChI=1S/C17H16O3/c1-18-14-7-8-16(19-2)13(10-14)11-15-9-12-5-3-4-6-17(12)20-15/h3-10H,11H2,1-2H3. The molecule has 3 aromatic rings. The second-order valence-electron chi connectivity index (χ2n) is 4.61. The molecule has 1 aromatic heterocycles. The van der Waals surface area contributed by atoms with E-state index in [0.29, 0.717) is 6.42 Å². The number of benzene rings is 2. The lowest BCUT2D eigenvalue weighted by Crippen LogP contribution is -1.94. The van der Waals surface area contributed by atoms with Gasteiger partial charge in [-0.15, -0.1) is 0 Å². The Morgan fingerprint density at radius 2 is 1.80 bits per heavy atom. The molecule has 20 heavy (non-hydrogen) atoms. The van der Waals surface area contributed by atoms with Gasteiger partial charge in [-0.2, -0.15) is 0 Å².